The minimum Gasteiger partial charge on any atom is -1.00 e. The standard InChI is InChI=1S/Al.Ce.6ClH.H2O/h;;6*1H;1H2/q2*+3;;;;;;;/p-6. The Morgan fingerprint density at radius 2 is 0.444 bits per heavy atom. The van der Waals surface area contributed by atoms with E-state index in [0.29, 0.717) is 0 Å². The predicted octanol–water partition coefficient (Wildman–Crippen LogP) is -19.2. The van der Waals surface area contributed by atoms with E-state index in [1.54, 1.807) is 0 Å². The number of hydrogen-bond acceptors (Lipinski definition) is 0. The predicted molar refractivity (Wildman–Crippen MR) is 9.37 cm³/mol. The van der Waals surface area contributed by atoms with E-state index in [-0.39, 0.29) is 139 Å². The molecule has 9 heteroatoms. The molecule has 0 saturated carbocycles. The van der Waals surface area contributed by atoms with E-state index in [9.17, 15) is 0 Å². The summed E-state index contributed by atoms with van der Waals surface area (Å²) in [5.41, 5.74) is 0. The molecular formula is H2AlCeCl6O. The van der Waals surface area contributed by atoms with Crippen molar-refractivity contribution in [1.82, 2.24) is 0 Å². The molecule has 0 fully saturated rings. The van der Waals surface area contributed by atoms with Crippen LogP contribution < -0.4 is 74.4 Å². The van der Waals surface area contributed by atoms with E-state index in [2.05, 4.69) is 0 Å². The van der Waals surface area contributed by atoms with Gasteiger partial charge in [-0.2, -0.15) is 0 Å². The maximum atomic E-state index is 0. The monoisotopic (exact) mass is 395 g/mol. The van der Waals surface area contributed by atoms with E-state index in [1.807, 2.05) is 0 Å². The molecule has 0 atom stereocenters. The zero-order valence-corrected chi connectivity index (χ0v) is 12.7. The van der Waals surface area contributed by atoms with Gasteiger partial charge in [-0.25, -0.2) is 0 Å². The summed E-state index contributed by atoms with van der Waals surface area (Å²) >= 11 is 0. The van der Waals surface area contributed by atoms with Gasteiger partial charge >= 0.3 is 59.1 Å². The Hall–Kier alpha value is 3.61. The third kappa shape index (κ3) is 82.3. The van der Waals surface area contributed by atoms with E-state index < -0.39 is 0 Å². The van der Waals surface area contributed by atoms with Gasteiger partial charge in [0.1, 0.15) is 0 Å². The summed E-state index contributed by atoms with van der Waals surface area (Å²) in [4.78, 5) is 0. The third-order valence-electron chi connectivity index (χ3n) is 0. The Labute approximate surface area is 137 Å². The molecule has 0 aliphatic carbocycles. The molecule has 1 nitrogen and oxygen atoms in total. The Bertz CT molecular complexity index is 13.0. The molecule has 2 N–H and O–H groups in total. The summed E-state index contributed by atoms with van der Waals surface area (Å²) in [6.07, 6.45) is 0. The Morgan fingerprint density at radius 1 is 0.444 bits per heavy atom. The molecule has 0 heterocycles. The molecule has 0 amide bonds. The summed E-state index contributed by atoms with van der Waals surface area (Å²) in [5.74, 6) is 0. The fraction of sp³-hybridized carbons (Fsp3) is 0. The van der Waals surface area contributed by atoms with Gasteiger partial charge in [-0.1, -0.05) is 0 Å². The van der Waals surface area contributed by atoms with Crippen molar-refractivity contribution in [1.29, 1.82) is 0 Å². The zero-order valence-electron chi connectivity index (χ0n) is 3.85. The molecule has 1 radical (unpaired) electrons. The van der Waals surface area contributed by atoms with Crippen molar-refractivity contribution in [3.8, 4) is 0 Å². The fourth-order valence-corrected chi connectivity index (χ4v) is 0. The van der Waals surface area contributed by atoms with Crippen molar-refractivity contribution in [2.75, 3.05) is 0 Å². The van der Waals surface area contributed by atoms with Gasteiger partial charge < -0.3 is 79.9 Å². The molecular weight excluding hydrogens is 396 g/mol. The van der Waals surface area contributed by atoms with Gasteiger partial charge in [0.05, 0.1) is 0 Å². The summed E-state index contributed by atoms with van der Waals surface area (Å²) in [7, 11) is 0. The van der Waals surface area contributed by atoms with Gasteiger partial charge in [-0.15, -0.1) is 0 Å². The molecule has 0 aliphatic heterocycles. The summed E-state index contributed by atoms with van der Waals surface area (Å²) in [5, 5.41) is 0. The number of hydrogen-bond donors (Lipinski definition) is 0. The Balaban J connectivity index is 0. The maximum Gasteiger partial charge on any atom is 3.00 e. The van der Waals surface area contributed by atoms with Crippen molar-refractivity contribution in [2.45, 2.75) is 0 Å². The molecule has 9 heavy (non-hydrogen) atoms. The van der Waals surface area contributed by atoms with Crippen LogP contribution in [-0.4, -0.2) is 22.8 Å². The van der Waals surface area contributed by atoms with Crippen LogP contribution in [0.3, 0.4) is 0 Å². The first-order valence-electron chi connectivity index (χ1n) is 0. The van der Waals surface area contributed by atoms with Crippen LogP contribution >= 0.6 is 0 Å². The minimum atomic E-state index is 0. The van der Waals surface area contributed by atoms with E-state index in [1.165, 1.54) is 0 Å². The molecule has 0 aromatic carbocycles. The van der Waals surface area contributed by atoms with Crippen molar-refractivity contribution >= 4 is 17.4 Å². The SMILES string of the molecule is O.[Al+3].[Ce+3].[Cl-].[Cl-].[Cl-].[Cl-].[Cl-].[Cl-]. The van der Waals surface area contributed by atoms with Crippen LogP contribution in [0.4, 0.5) is 0 Å². The van der Waals surface area contributed by atoms with E-state index in [0.717, 1.165) is 0 Å². The van der Waals surface area contributed by atoms with Crippen molar-refractivity contribution in [2.24, 2.45) is 0 Å². The maximum absolute atomic E-state index is 0. The van der Waals surface area contributed by atoms with Crippen molar-refractivity contribution < 1.29 is 122 Å². The van der Waals surface area contributed by atoms with Crippen LogP contribution in [0.25, 0.3) is 0 Å². The van der Waals surface area contributed by atoms with E-state index in [4.69, 9.17) is 0 Å². The molecule has 0 saturated heterocycles. The topological polar surface area (TPSA) is 31.5 Å². The molecule has 0 rings (SSSR count). The van der Waals surface area contributed by atoms with Gasteiger partial charge in [0.25, 0.3) is 0 Å². The first-order chi connectivity index (χ1) is 0. The second-order valence-electron chi connectivity index (χ2n) is 0. The van der Waals surface area contributed by atoms with Crippen LogP contribution in [0.15, 0.2) is 0 Å². The van der Waals surface area contributed by atoms with Gasteiger partial charge in [-0.3, -0.25) is 0 Å². The van der Waals surface area contributed by atoms with Gasteiger partial charge in [0, 0.05) is 0 Å². The normalized spacial score (nSPS) is 0. The molecule has 0 aromatic rings. The quantitative estimate of drug-likeness (QED) is 0.364. The zero-order chi connectivity index (χ0) is 0. The molecule has 0 bridgehead atoms. The first-order valence-corrected chi connectivity index (χ1v) is 0. The minimum absolute atomic E-state index is 0. The van der Waals surface area contributed by atoms with Gasteiger partial charge in [0.15, 0.2) is 0 Å². The average molecular weight is 398 g/mol. The van der Waals surface area contributed by atoms with Gasteiger partial charge in [0.2, 0.25) is 0 Å². The second-order valence-corrected chi connectivity index (χ2v) is 0. The largest absolute Gasteiger partial charge is 3.00 e. The fourth-order valence-electron chi connectivity index (χ4n) is 0. The Kier molecular flexibility index (Phi) is 1450. The molecule has 0 spiro atoms. The summed E-state index contributed by atoms with van der Waals surface area (Å²) in [6, 6.07) is 0. The van der Waals surface area contributed by atoms with Crippen LogP contribution in [0.1, 0.15) is 0 Å². The van der Waals surface area contributed by atoms with Crippen molar-refractivity contribution in [3.63, 3.8) is 0 Å². The molecule has 0 unspecified atom stereocenters. The second kappa shape index (κ2) is 100. The van der Waals surface area contributed by atoms with Gasteiger partial charge in [-0.05, 0) is 0 Å². The average Bonchev–Trinajstić information content (AvgIpc) is 0. The number of rotatable bonds is 0. The molecule has 57 valence electrons. The van der Waals surface area contributed by atoms with E-state index >= 15 is 0 Å². The summed E-state index contributed by atoms with van der Waals surface area (Å²) < 4.78 is 0. The van der Waals surface area contributed by atoms with Crippen LogP contribution in [0, 0.1) is 41.7 Å². The van der Waals surface area contributed by atoms with Crippen LogP contribution in [0.5, 0.6) is 0 Å². The van der Waals surface area contributed by atoms with Crippen LogP contribution in [-0.2, 0) is 0 Å². The summed E-state index contributed by atoms with van der Waals surface area (Å²) in [6.45, 7) is 0. The van der Waals surface area contributed by atoms with Crippen molar-refractivity contribution in [3.05, 3.63) is 0 Å². The third-order valence-corrected chi connectivity index (χ3v) is 0. The number of halogens is 6. The first kappa shape index (κ1) is 130. The van der Waals surface area contributed by atoms with Crippen LogP contribution in [0.2, 0.25) is 0 Å². The molecule has 0 aromatic heterocycles. The molecule has 0 aliphatic rings. The smallest absolute Gasteiger partial charge is 1.00 e. The Morgan fingerprint density at radius 3 is 0.444 bits per heavy atom.